The van der Waals surface area contributed by atoms with Crippen LogP contribution >= 0.6 is 0 Å². The van der Waals surface area contributed by atoms with Crippen LogP contribution in [0.5, 0.6) is 5.75 Å². The summed E-state index contributed by atoms with van der Waals surface area (Å²) in [5, 5.41) is 15.9. The minimum absolute atomic E-state index is 0.0817. The molecule has 0 spiro atoms. The Kier molecular flexibility index (Phi) is 4.91. The standard InChI is InChI=1S/C14H18N6O3/c1-9-5-6-11(23-4)10(7-9)17-13-12(20(21)22)14(16-8-15-13)18-19(2)3/h5-8H,1-4H3,(H2,15,16,17,18). The molecule has 1 heterocycles. The number of nitro groups is 1. The molecule has 9 nitrogen and oxygen atoms in total. The summed E-state index contributed by atoms with van der Waals surface area (Å²) in [5.41, 5.74) is 4.12. The van der Waals surface area contributed by atoms with Gasteiger partial charge in [0.05, 0.1) is 17.7 Å². The summed E-state index contributed by atoms with van der Waals surface area (Å²) in [7, 11) is 4.95. The topological polar surface area (TPSA) is 105 Å². The molecule has 0 saturated heterocycles. The van der Waals surface area contributed by atoms with E-state index in [2.05, 4.69) is 20.7 Å². The lowest BCUT2D eigenvalue weighted by Gasteiger charge is -2.15. The molecular formula is C14H18N6O3. The van der Waals surface area contributed by atoms with Crippen molar-refractivity contribution in [3.05, 3.63) is 40.2 Å². The first-order valence-corrected chi connectivity index (χ1v) is 6.77. The third kappa shape index (κ3) is 3.83. The van der Waals surface area contributed by atoms with Crippen LogP contribution in [0.25, 0.3) is 0 Å². The number of nitrogens with one attached hydrogen (secondary N) is 2. The minimum Gasteiger partial charge on any atom is -0.495 e. The molecule has 0 saturated carbocycles. The number of hydrazine groups is 1. The monoisotopic (exact) mass is 318 g/mol. The zero-order valence-electron chi connectivity index (χ0n) is 13.3. The highest BCUT2D eigenvalue weighted by atomic mass is 16.6. The Bertz CT molecular complexity index is 720. The summed E-state index contributed by atoms with van der Waals surface area (Å²) in [6.45, 7) is 1.91. The van der Waals surface area contributed by atoms with E-state index < -0.39 is 4.92 Å². The third-order valence-corrected chi connectivity index (χ3v) is 2.94. The van der Waals surface area contributed by atoms with Gasteiger partial charge in [-0.1, -0.05) is 6.07 Å². The number of ether oxygens (including phenoxy) is 1. The normalized spacial score (nSPS) is 10.5. The van der Waals surface area contributed by atoms with Gasteiger partial charge in [-0.3, -0.25) is 15.5 Å². The van der Waals surface area contributed by atoms with Crippen LogP contribution in [0.1, 0.15) is 5.56 Å². The van der Waals surface area contributed by atoms with Crippen molar-refractivity contribution in [2.75, 3.05) is 31.9 Å². The van der Waals surface area contributed by atoms with E-state index in [9.17, 15) is 10.1 Å². The highest BCUT2D eigenvalue weighted by molar-refractivity contribution is 5.75. The predicted octanol–water partition coefficient (Wildman–Crippen LogP) is 2.33. The van der Waals surface area contributed by atoms with Gasteiger partial charge >= 0.3 is 5.69 Å². The van der Waals surface area contributed by atoms with Crippen LogP contribution < -0.4 is 15.5 Å². The molecule has 0 atom stereocenters. The molecule has 2 N–H and O–H groups in total. The number of hydrogen-bond donors (Lipinski definition) is 2. The molecular weight excluding hydrogens is 300 g/mol. The second-order valence-corrected chi connectivity index (χ2v) is 5.01. The first-order valence-electron chi connectivity index (χ1n) is 6.77. The minimum atomic E-state index is -0.531. The van der Waals surface area contributed by atoms with E-state index in [0.29, 0.717) is 11.4 Å². The lowest BCUT2D eigenvalue weighted by Crippen LogP contribution is -2.21. The molecule has 0 unspecified atom stereocenters. The van der Waals surface area contributed by atoms with Gasteiger partial charge in [0.2, 0.25) is 11.6 Å². The van der Waals surface area contributed by atoms with Crippen molar-refractivity contribution >= 4 is 23.0 Å². The molecule has 2 aromatic rings. The van der Waals surface area contributed by atoms with Crippen molar-refractivity contribution in [1.29, 1.82) is 0 Å². The van der Waals surface area contributed by atoms with Gasteiger partial charge in [-0.15, -0.1) is 0 Å². The van der Waals surface area contributed by atoms with Crippen molar-refractivity contribution in [2.45, 2.75) is 6.92 Å². The number of nitrogens with zero attached hydrogens (tertiary/aromatic N) is 4. The number of hydrogen-bond acceptors (Lipinski definition) is 8. The molecule has 0 aliphatic carbocycles. The Morgan fingerprint density at radius 2 is 1.96 bits per heavy atom. The fourth-order valence-corrected chi connectivity index (χ4v) is 1.98. The molecule has 2 rings (SSSR count). The van der Waals surface area contributed by atoms with E-state index in [0.717, 1.165) is 5.56 Å². The van der Waals surface area contributed by atoms with Gasteiger partial charge in [0.15, 0.2) is 0 Å². The Balaban J connectivity index is 2.48. The van der Waals surface area contributed by atoms with Gasteiger partial charge < -0.3 is 10.1 Å². The molecule has 1 aromatic heterocycles. The molecule has 23 heavy (non-hydrogen) atoms. The molecule has 0 fully saturated rings. The quantitative estimate of drug-likeness (QED) is 0.617. The SMILES string of the molecule is COc1ccc(C)cc1Nc1ncnc(NN(C)C)c1[N+](=O)[O-]. The van der Waals surface area contributed by atoms with Gasteiger partial charge in [-0.2, -0.15) is 0 Å². The van der Waals surface area contributed by atoms with Crippen LogP contribution in [0.4, 0.5) is 23.0 Å². The van der Waals surface area contributed by atoms with E-state index in [1.807, 2.05) is 19.1 Å². The van der Waals surface area contributed by atoms with Crippen molar-refractivity contribution in [3.8, 4) is 5.75 Å². The molecule has 0 amide bonds. The zero-order chi connectivity index (χ0) is 17.0. The molecule has 0 radical (unpaired) electrons. The summed E-state index contributed by atoms with van der Waals surface area (Å²) in [5.74, 6) is 0.744. The Labute approximate surface area is 133 Å². The molecule has 0 bridgehead atoms. The van der Waals surface area contributed by atoms with Gasteiger partial charge in [0.1, 0.15) is 12.1 Å². The summed E-state index contributed by atoms with van der Waals surface area (Å²) < 4.78 is 5.27. The van der Waals surface area contributed by atoms with Crippen molar-refractivity contribution in [2.24, 2.45) is 0 Å². The van der Waals surface area contributed by atoms with Crippen LogP contribution in [0.3, 0.4) is 0 Å². The number of aryl methyl sites for hydroxylation is 1. The summed E-state index contributed by atoms with van der Waals surface area (Å²) in [6.07, 6.45) is 1.25. The summed E-state index contributed by atoms with van der Waals surface area (Å²) >= 11 is 0. The second kappa shape index (κ2) is 6.88. The highest BCUT2D eigenvalue weighted by Gasteiger charge is 2.24. The fraction of sp³-hybridized carbons (Fsp3) is 0.286. The van der Waals surface area contributed by atoms with Crippen LogP contribution in [-0.2, 0) is 0 Å². The smallest absolute Gasteiger partial charge is 0.354 e. The number of anilines is 3. The first kappa shape index (κ1) is 16.4. The van der Waals surface area contributed by atoms with Crippen LogP contribution in [0.2, 0.25) is 0 Å². The molecule has 1 aromatic carbocycles. The maximum absolute atomic E-state index is 11.4. The van der Waals surface area contributed by atoms with E-state index in [1.54, 1.807) is 25.2 Å². The molecule has 122 valence electrons. The Hall–Kier alpha value is -2.94. The van der Waals surface area contributed by atoms with E-state index in [-0.39, 0.29) is 17.3 Å². The van der Waals surface area contributed by atoms with Crippen LogP contribution in [-0.4, -0.2) is 41.1 Å². The second-order valence-electron chi connectivity index (χ2n) is 5.01. The number of rotatable bonds is 6. The number of aromatic nitrogens is 2. The lowest BCUT2D eigenvalue weighted by molar-refractivity contribution is -0.383. The zero-order valence-corrected chi connectivity index (χ0v) is 13.3. The average Bonchev–Trinajstić information content (AvgIpc) is 2.46. The predicted molar refractivity (Wildman–Crippen MR) is 87.0 cm³/mol. The highest BCUT2D eigenvalue weighted by Crippen LogP contribution is 2.34. The van der Waals surface area contributed by atoms with Gasteiger partial charge in [0, 0.05) is 14.1 Å². The molecule has 9 heteroatoms. The maximum Gasteiger partial charge on any atom is 0.354 e. The molecule has 0 aliphatic heterocycles. The van der Waals surface area contributed by atoms with E-state index in [1.165, 1.54) is 13.4 Å². The Morgan fingerprint density at radius 3 is 2.57 bits per heavy atom. The van der Waals surface area contributed by atoms with Crippen LogP contribution in [0, 0.1) is 17.0 Å². The number of benzene rings is 1. The maximum atomic E-state index is 11.4. The summed E-state index contributed by atoms with van der Waals surface area (Å²) in [4.78, 5) is 18.8. The van der Waals surface area contributed by atoms with Crippen molar-refractivity contribution in [3.63, 3.8) is 0 Å². The first-order chi connectivity index (χ1) is 10.9. The third-order valence-electron chi connectivity index (χ3n) is 2.94. The van der Waals surface area contributed by atoms with Gasteiger partial charge in [-0.25, -0.2) is 15.0 Å². The average molecular weight is 318 g/mol. The van der Waals surface area contributed by atoms with E-state index in [4.69, 9.17) is 4.74 Å². The van der Waals surface area contributed by atoms with Crippen molar-refractivity contribution < 1.29 is 9.66 Å². The van der Waals surface area contributed by atoms with Crippen molar-refractivity contribution in [1.82, 2.24) is 15.0 Å². The number of methoxy groups -OCH3 is 1. The fourth-order valence-electron chi connectivity index (χ4n) is 1.98. The van der Waals surface area contributed by atoms with Gasteiger partial charge in [0.25, 0.3) is 0 Å². The van der Waals surface area contributed by atoms with Gasteiger partial charge in [-0.05, 0) is 24.6 Å². The largest absolute Gasteiger partial charge is 0.495 e. The summed E-state index contributed by atoms with van der Waals surface area (Å²) in [6, 6.07) is 5.49. The van der Waals surface area contributed by atoms with Crippen LogP contribution in [0.15, 0.2) is 24.5 Å². The van der Waals surface area contributed by atoms with E-state index >= 15 is 0 Å². The molecule has 0 aliphatic rings. The lowest BCUT2D eigenvalue weighted by atomic mass is 10.2. The Morgan fingerprint density at radius 1 is 1.26 bits per heavy atom.